The third-order valence-electron chi connectivity index (χ3n) is 6.94. The van der Waals surface area contributed by atoms with Crippen LogP contribution in [0.3, 0.4) is 0 Å². The molecule has 1 saturated heterocycles. The number of carbonyl (C=O) groups excluding carboxylic acids is 3. The number of pyridine rings is 1. The summed E-state index contributed by atoms with van der Waals surface area (Å²) in [7, 11) is 0. The molecule has 0 radical (unpaired) electrons. The largest absolute Gasteiger partial charge is 0.326 e. The fraction of sp³-hybridized carbons (Fsp3) is 0.321. The third kappa shape index (κ3) is 4.44. The Labute approximate surface area is 207 Å². The van der Waals surface area contributed by atoms with E-state index in [0.717, 1.165) is 22.4 Å². The van der Waals surface area contributed by atoms with Gasteiger partial charge >= 0.3 is 0 Å². The van der Waals surface area contributed by atoms with Gasteiger partial charge in [-0.15, -0.1) is 0 Å². The van der Waals surface area contributed by atoms with E-state index < -0.39 is 17.6 Å². The van der Waals surface area contributed by atoms with E-state index in [9.17, 15) is 24.0 Å². The van der Waals surface area contributed by atoms with Gasteiger partial charge in [-0.3, -0.25) is 19.4 Å². The van der Waals surface area contributed by atoms with E-state index >= 15 is 0 Å². The Kier molecular flexibility index (Phi) is 6.00. The number of benzene rings is 2. The molecule has 2 amide bonds. The first-order valence-electron chi connectivity index (χ1n) is 12.0. The Balaban J connectivity index is 1.40. The van der Waals surface area contributed by atoms with Gasteiger partial charge in [0.1, 0.15) is 11.7 Å². The number of halogens is 1. The monoisotopic (exact) mass is 484 g/mol. The lowest BCUT2D eigenvalue weighted by Crippen LogP contribution is -2.36. The fourth-order valence-electron chi connectivity index (χ4n) is 5.17. The normalized spacial score (nSPS) is 21.1. The summed E-state index contributed by atoms with van der Waals surface area (Å²) in [6.07, 6.45) is 2.46. The number of ketones is 1. The van der Waals surface area contributed by atoms with Crippen molar-refractivity contribution in [2.75, 3.05) is 11.9 Å². The summed E-state index contributed by atoms with van der Waals surface area (Å²) in [6.45, 7) is 1.25. The van der Waals surface area contributed by atoms with Crippen LogP contribution in [-0.2, 0) is 16.0 Å². The number of anilines is 1. The van der Waals surface area contributed by atoms with Crippen molar-refractivity contribution >= 4 is 34.2 Å². The number of fused-ring (bicyclic) bond motifs is 2. The Morgan fingerprint density at radius 2 is 2.06 bits per heavy atom. The molecule has 0 aliphatic carbocycles. The van der Waals surface area contributed by atoms with Crippen molar-refractivity contribution < 1.29 is 18.8 Å². The number of hydrogen-bond acceptors (Lipinski definition) is 5. The molecule has 2 aliphatic heterocycles. The van der Waals surface area contributed by atoms with Crippen LogP contribution in [-0.4, -0.2) is 45.7 Å². The van der Waals surface area contributed by atoms with Crippen LogP contribution < -0.4 is 5.32 Å². The highest BCUT2D eigenvalue weighted by molar-refractivity contribution is 6.09. The molecule has 36 heavy (non-hydrogen) atoms. The van der Waals surface area contributed by atoms with Gasteiger partial charge in [0, 0.05) is 48.5 Å². The molecule has 0 spiro atoms. The minimum absolute atomic E-state index is 0.00375. The summed E-state index contributed by atoms with van der Waals surface area (Å²) in [5.41, 5.74) is 3.26. The number of carbonyl (C=O) groups is 3. The quantitative estimate of drug-likeness (QED) is 0.533. The van der Waals surface area contributed by atoms with Gasteiger partial charge in [0.2, 0.25) is 11.8 Å². The number of likely N-dealkylation sites (tertiary alicyclic amines) is 1. The highest BCUT2D eigenvalue weighted by Crippen LogP contribution is 2.35. The molecule has 1 fully saturated rings. The molecule has 2 atom stereocenters. The second kappa shape index (κ2) is 9.15. The zero-order valence-electron chi connectivity index (χ0n) is 19.9. The first kappa shape index (κ1) is 23.6. The second-order valence-corrected chi connectivity index (χ2v) is 9.68. The molecule has 1 N–H and O–H groups in total. The number of Topliss-reactive ketones (excluding diaryl/α,β-unsaturated/α-hetero) is 1. The van der Waals surface area contributed by atoms with Gasteiger partial charge in [-0.1, -0.05) is 18.2 Å². The van der Waals surface area contributed by atoms with Crippen LogP contribution in [0.5, 0.6) is 0 Å². The molecular formula is C28H25FN4O3. The van der Waals surface area contributed by atoms with E-state index in [-0.39, 0.29) is 37.5 Å². The van der Waals surface area contributed by atoms with Gasteiger partial charge in [0.15, 0.2) is 5.78 Å². The van der Waals surface area contributed by atoms with Gasteiger partial charge in [0.05, 0.1) is 18.1 Å². The topological polar surface area (TPSA) is 103 Å². The van der Waals surface area contributed by atoms with Crippen molar-refractivity contribution in [2.45, 2.75) is 50.7 Å². The smallest absolute Gasteiger partial charge is 0.224 e. The van der Waals surface area contributed by atoms with Crippen LogP contribution in [0.4, 0.5) is 10.1 Å². The molecule has 7 nitrogen and oxygen atoms in total. The number of alkyl halides is 1. The summed E-state index contributed by atoms with van der Waals surface area (Å²) in [4.78, 5) is 43.3. The predicted molar refractivity (Wildman–Crippen MR) is 133 cm³/mol. The lowest BCUT2D eigenvalue weighted by atomic mass is 9.91. The summed E-state index contributed by atoms with van der Waals surface area (Å²) in [5, 5.41) is 12.9. The average molecular weight is 485 g/mol. The van der Waals surface area contributed by atoms with Crippen LogP contribution in [0, 0.1) is 11.3 Å². The van der Waals surface area contributed by atoms with Crippen molar-refractivity contribution in [3.63, 3.8) is 0 Å². The maximum atomic E-state index is 14.4. The van der Waals surface area contributed by atoms with E-state index in [4.69, 9.17) is 0 Å². The van der Waals surface area contributed by atoms with Crippen molar-refractivity contribution in [2.24, 2.45) is 0 Å². The number of nitriles is 1. The fourth-order valence-corrected chi connectivity index (χ4v) is 5.17. The molecule has 1 unspecified atom stereocenters. The van der Waals surface area contributed by atoms with Gasteiger partial charge in [-0.05, 0) is 54.3 Å². The van der Waals surface area contributed by atoms with Crippen LogP contribution in [0.2, 0.25) is 0 Å². The van der Waals surface area contributed by atoms with Crippen molar-refractivity contribution in [1.82, 2.24) is 9.88 Å². The van der Waals surface area contributed by atoms with Crippen molar-refractivity contribution in [1.29, 1.82) is 5.26 Å². The zero-order valence-corrected chi connectivity index (χ0v) is 19.9. The van der Waals surface area contributed by atoms with E-state index in [1.807, 2.05) is 42.5 Å². The molecule has 0 bridgehead atoms. The second-order valence-electron chi connectivity index (χ2n) is 9.68. The van der Waals surface area contributed by atoms with Crippen LogP contribution in [0.25, 0.3) is 22.0 Å². The van der Waals surface area contributed by atoms with Crippen LogP contribution in [0.1, 0.15) is 48.5 Å². The average Bonchev–Trinajstić information content (AvgIpc) is 3.20. The molecule has 1 aromatic heterocycles. The third-order valence-corrected chi connectivity index (χ3v) is 6.94. The SMILES string of the molecule is CC1(F)C[C@@H](C#N)N(C(=O)CCC(=O)c2ccnc3ccc(-c4cccc5c4CCC(=O)N5)cc23)C1. The molecule has 182 valence electrons. The molecule has 2 aliphatic rings. The number of amides is 2. The molecule has 3 heterocycles. The molecule has 0 saturated carbocycles. The Morgan fingerprint density at radius 1 is 1.22 bits per heavy atom. The number of rotatable bonds is 5. The molecule has 2 aromatic carbocycles. The van der Waals surface area contributed by atoms with Gasteiger partial charge in [-0.2, -0.15) is 5.26 Å². The van der Waals surface area contributed by atoms with E-state index in [1.165, 1.54) is 11.8 Å². The zero-order chi connectivity index (χ0) is 25.4. The first-order valence-corrected chi connectivity index (χ1v) is 12.0. The Morgan fingerprint density at radius 3 is 2.86 bits per heavy atom. The van der Waals surface area contributed by atoms with Gasteiger partial charge in [-0.25, -0.2) is 4.39 Å². The Bertz CT molecular complexity index is 1440. The minimum Gasteiger partial charge on any atom is -0.326 e. The summed E-state index contributed by atoms with van der Waals surface area (Å²) < 4.78 is 14.4. The maximum absolute atomic E-state index is 14.4. The molecule has 3 aromatic rings. The van der Waals surface area contributed by atoms with E-state index in [0.29, 0.717) is 29.3 Å². The molecular weight excluding hydrogens is 459 g/mol. The molecule has 5 rings (SSSR count). The minimum atomic E-state index is -1.60. The maximum Gasteiger partial charge on any atom is 0.224 e. The summed E-state index contributed by atoms with van der Waals surface area (Å²) in [5.74, 6) is -0.616. The van der Waals surface area contributed by atoms with Crippen LogP contribution >= 0.6 is 0 Å². The highest BCUT2D eigenvalue weighted by atomic mass is 19.1. The summed E-state index contributed by atoms with van der Waals surface area (Å²) in [6, 6.07) is 14.3. The van der Waals surface area contributed by atoms with E-state index in [2.05, 4.69) is 10.3 Å². The number of nitrogens with one attached hydrogen (secondary N) is 1. The first-order chi connectivity index (χ1) is 17.3. The van der Waals surface area contributed by atoms with Crippen molar-refractivity contribution in [3.05, 3.63) is 59.8 Å². The van der Waals surface area contributed by atoms with Gasteiger partial charge < -0.3 is 10.2 Å². The standard InChI is InChI=1S/C28H25FN4O3/c1-28(29)14-18(15-30)33(16-28)27(36)10-8-25(34)21-11-12-31-23-7-5-17(13-22(21)23)19-3-2-4-24-20(19)6-9-26(35)32-24/h2-5,7,11-13,18H,6,8-10,14,16H2,1H3,(H,32,35)/t18-,28?/m0/s1. The van der Waals surface area contributed by atoms with Crippen LogP contribution in [0.15, 0.2) is 48.7 Å². The Hall–Kier alpha value is -4.12. The lowest BCUT2D eigenvalue weighted by Gasteiger charge is -2.20. The van der Waals surface area contributed by atoms with E-state index in [1.54, 1.807) is 12.3 Å². The number of nitrogens with zero attached hydrogens (tertiary/aromatic N) is 3. The number of aromatic nitrogens is 1. The number of hydrogen-bond donors (Lipinski definition) is 1. The van der Waals surface area contributed by atoms with Crippen molar-refractivity contribution in [3.8, 4) is 17.2 Å². The van der Waals surface area contributed by atoms with Gasteiger partial charge in [0.25, 0.3) is 0 Å². The highest BCUT2D eigenvalue weighted by Gasteiger charge is 2.43. The summed E-state index contributed by atoms with van der Waals surface area (Å²) >= 11 is 0. The predicted octanol–water partition coefficient (Wildman–Crippen LogP) is 4.60. The lowest BCUT2D eigenvalue weighted by molar-refractivity contribution is -0.131. The molecule has 8 heteroatoms.